The van der Waals surface area contributed by atoms with Gasteiger partial charge in [-0.05, 0) is 36.4 Å². The highest BCUT2D eigenvalue weighted by atomic mass is 35.5. The third-order valence-electron chi connectivity index (χ3n) is 2.82. The van der Waals surface area contributed by atoms with Gasteiger partial charge in [0.05, 0.1) is 7.11 Å². The molecule has 1 N–H and O–H groups in total. The van der Waals surface area contributed by atoms with E-state index in [9.17, 15) is 0 Å². The number of nitrogens with zero attached hydrogens (tertiary/aromatic N) is 2. The summed E-state index contributed by atoms with van der Waals surface area (Å²) in [6.07, 6.45) is 4.35. The van der Waals surface area contributed by atoms with Crippen molar-refractivity contribution < 1.29 is 4.74 Å². The maximum Gasteiger partial charge on any atom is 0.134 e. The quantitative estimate of drug-likeness (QED) is 0.653. The van der Waals surface area contributed by atoms with Crippen molar-refractivity contribution in [1.29, 1.82) is 0 Å². The molecule has 6 heteroatoms. The van der Waals surface area contributed by atoms with Crippen molar-refractivity contribution in [2.75, 3.05) is 25.2 Å². The van der Waals surface area contributed by atoms with E-state index in [-0.39, 0.29) is 0 Å². The zero-order valence-corrected chi connectivity index (χ0v) is 13.0. The van der Waals surface area contributed by atoms with Gasteiger partial charge in [0, 0.05) is 17.5 Å². The highest BCUT2D eigenvalue weighted by Gasteiger charge is 2.04. The third-order valence-corrected chi connectivity index (χ3v) is 3.75. The van der Waals surface area contributed by atoms with Crippen LogP contribution in [-0.4, -0.2) is 29.9 Å². The van der Waals surface area contributed by atoms with E-state index in [0.717, 1.165) is 24.5 Å². The van der Waals surface area contributed by atoms with Gasteiger partial charge in [0.2, 0.25) is 0 Å². The van der Waals surface area contributed by atoms with Crippen molar-refractivity contribution in [3.63, 3.8) is 0 Å². The molecule has 20 heavy (non-hydrogen) atoms. The van der Waals surface area contributed by atoms with E-state index in [1.165, 1.54) is 16.8 Å². The smallest absolute Gasteiger partial charge is 0.134 e. The molecule has 0 bridgehead atoms. The number of thioether (sulfide) groups is 1. The molecule has 0 aliphatic heterocycles. The molecule has 2 rings (SSSR count). The molecule has 0 saturated heterocycles. The Bertz CT molecular complexity index is 580. The van der Waals surface area contributed by atoms with Gasteiger partial charge in [-0.2, -0.15) is 0 Å². The molecule has 0 atom stereocenters. The van der Waals surface area contributed by atoms with Crippen LogP contribution >= 0.6 is 23.4 Å². The number of anilines is 1. The molecular weight excluding hydrogens is 294 g/mol. The summed E-state index contributed by atoms with van der Waals surface area (Å²) in [6, 6.07) is 7.92. The second-order valence-corrected chi connectivity index (χ2v) is 5.35. The largest absolute Gasteiger partial charge is 0.496 e. The van der Waals surface area contributed by atoms with Crippen LogP contribution < -0.4 is 10.1 Å². The molecule has 0 amide bonds. The lowest BCUT2D eigenvalue weighted by atomic mass is 10.1. The molecule has 0 aliphatic rings. The molecule has 4 nitrogen and oxygen atoms in total. The van der Waals surface area contributed by atoms with E-state index >= 15 is 0 Å². The van der Waals surface area contributed by atoms with Gasteiger partial charge < -0.3 is 10.1 Å². The van der Waals surface area contributed by atoms with Gasteiger partial charge in [-0.1, -0.05) is 11.6 Å². The van der Waals surface area contributed by atoms with E-state index in [1.54, 1.807) is 24.9 Å². The van der Waals surface area contributed by atoms with Crippen LogP contribution in [0.5, 0.6) is 5.75 Å². The maximum absolute atomic E-state index is 5.81. The minimum atomic E-state index is 0.435. The fraction of sp³-hybridized carbons (Fsp3) is 0.286. The van der Waals surface area contributed by atoms with E-state index in [4.69, 9.17) is 16.3 Å². The summed E-state index contributed by atoms with van der Waals surface area (Å²) in [5.74, 6) is 1.63. The number of ether oxygens (including phenoxy) is 1. The van der Waals surface area contributed by atoms with Crippen LogP contribution in [0, 0.1) is 0 Å². The molecule has 0 unspecified atom stereocenters. The van der Waals surface area contributed by atoms with E-state index < -0.39 is 0 Å². The van der Waals surface area contributed by atoms with Crippen molar-refractivity contribution in [2.24, 2.45) is 0 Å². The molecule has 1 aromatic carbocycles. The molecular formula is C14H16ClN3OS. The first kappa shape index (κ1) is 14.9. The van der Waals surface area contributed by atoms with Gasteiger partial charge in [-0.3, -0.25) is 0 Å². The molecule has 0 spiro atoms. The van der Waals surface area contributed by atoms with Gasteiger partial charge in [0.1, 0.15) is 23.0 Å². The summed E-state index contributed by atoms with van der Waals surface area (Å²) in [4.78, 5) is 9.18. The molecule has 2 aromatic rings. The van der Waals surface area contributed by atoms with Crippen molar-refractivity contribution >= 4 is 29.2 Å². The lowest BCUT2D eigenvalue weighted by Gasteiger charge is -2.11. The Morgan fingerprint density at radius 3 is 2.85 bits per heavy atom. The van der Waals surface area contributed by atoms with Crippen LogP contribution in [0.25, 0.3) is 0 Å². The zero-order valence-electron chi connectivity index (χ0n) is 11.4. The average Bonchev–Trinajstić information content (AvgIpc) is 2.47. The van der Waals surface area contributed by atoms with Crippen molar-refractivity contribution in [3.05, 3.63) is 41.3 Å². The lowest BCUT2D eigenvalue weighted by Crippen LogP contribution is -2.07. The first-order chi connectivity index (χ1) is 9.72. The third kappa shape index (κ3) is 4.02. The van der Waals surface area contributed by atoms with E-state index in [1.807, 2.05) is 6.07 Å². The minimum absolute atomic E-state index is 0.435. The highest BCUT2D eigenvalue weighted by molar-refractivity contribution is 7.98. The van der Waals surface area contributed by atoms with Crippen molar-refractivity contribution in [1.82, 2.24) is 9.97 Å². The Kier molecular flexibility index (Phi) is 5.49. The summed E-state index contributed by atoms with van der Waals surface area (Å²) in [6.45, 7) is 0.752. The number of aromatic nitrogens is 2. The Morgan fingerprint density at radius 2 is 2.15 bits per heavy atom. The first-order valence-corrected chi connectivity index (χ1v) is 7.75. The van der Waals surface area contributed by atoms with Crippen LogP contribution in [0.1, 0.15) is 5.56 Å². The second kappa shape index (κ2) is 7.36. The van der Waals surface area contributed by atoms with Crippen LogP contribution in [0.3, 0.4) is 0 Å². The molecule has 1 heterocycles. The van der Waals surface area contributed by atoms with Gasteiger partial charge in [0.25, 0.3) is 0 Å². The van der Waals surface area contributed by atoms with Crippen LogP contribution in [0.4, 0.5) is 5.82 Å². The summed E-state index contributed by atoms with van der Waals surface area (Å²) >= 11 is 7.53. The predicted molar refractivity (Wildman–Crippen MR) is 84.0 cm³/mol. The Hall–Kier alpha value is -1.46. The van der Waals surface area contributed by atoms with Crippen LogP contribution in [0.2, 0.25) is 5.15 Å². The Labute approximate surface area is 127 Å². The number of hydrogen-bond donors (Lipinski definition) is 1. The number of methoxy groups -OCH3 is 1. The maximum atomic E-state index is 5.81. The summed E-state index contributed by atoms with van der Waals surface area (Å²) in [5.41, 5.74) is 1.17. The normalized spacial score (nSPS) is 10.3. The monoisotopic (exact) mass is 309 g/mol. The molecule has 106 valence electrons. The van der Waals surface area contributed by atoms with E-state index in [0.29, 0.717) is 5.15 Å². The number of hydrogen-bond acceptors (Lipinski definition) is 5. The van der Waals surface area contributed by atoms with E-state index in [2.05, 4.69) is 33.7 Å². The minimum Gasteiger partial charge on any atom is -0.496 e. The molecule has 1 aromatic heterocycles. The molecule has 0 radical (unpaired) electrons. The van der Waals surface area contributed by atoms with Gasteiger partial charge in [-0.25, -0.2) is 9.97 Å². The van der Waals surface area contributed by atoms with Gasteiger partial charge in [0.15, 0.2) is 0 Å². The molecule has 0 fully saturated rings. The topological polar surface area (TPSA) is 47.0 Å². The number of rotatable bonds is 6. The highest BCUT2D eigenvalue weighted by Crippen LogP contribution is 2.25. The van der Waals surface area contributed by atoms with Crippen molar-refractivity contribution in [3.8, 4) is 5.75 Å². The number of benzene rings is 1. The fourth-order valence-corrected chi connectivity index (χ4v) is 2.44. The molecule has 0 aliphatic carbocycles. The fourth-order valence-electron chi connectivity index (χ4n) is 1.83. The standard InChI is InChI=1S/C14H16ClN3OS/c1-19-12-4-3-11(20-2)7-10(12)5-6-16-14-8-13(15)17-9-18-14/h3-4,7-9H,5-6H2,1-2H3,(H,16,17,18). The predicted octanol–water partition coefficient (Wildman–Crippen LogP) is 3.52. The Balaban J connectivity index is 1.99. The summed E-state index contributed by atoms with van der Waals surface area (Å²) in [7, 11) is 1.69. The second-order valence-electron chi connectivity index (χ2n) is 4.08. The average molecular weight is 310 g/mol. The van der Waals surface area contributed by atoms with Crippen molar-refractivity contribution in [2.45, 2.75) is 11.3 Å². The van der Waals surface area contributed by atoms with Crippen LogP contribution in [0.15, 0.2) is 35.5 Å². The summed E-state index contributed by atoms with van der Waals surface area (Å²) < 4.78 is 5.38. The summed E-state index contributed by atoms with van der Waals surface area (Å²) in [5, 5.41) is 3.66. The lowest BCUT2D eigenvalue weighted by molar-refractivity contribution is 0.409. The Morgan fingerprint density at radius 1 is 1.30 bits per heavy atom. The van der Waals surface area contributed by atoms with Gasteiger partial charge in [-0.15, -0.1) is 11.8 Å². The SMILES string of the molecule is COc1ccc(SC)cc1CCNc1cc(Cl)ncn1. The van der Waals surface area contributed by atoms with Gasteiger partial charge >= 0.3 is 0 Å². The number of halogens is 1. The number of nitrogens with one attached hydrogen (secondary N) is 1. The van der Waals surface area contributed by atoms with Crippen LogP contribution in [-0.2, 0) is 6.42 Å². The molecule has 0 saturated carbocycles. The first-order valence-electron chi connectivity index (χ1n) is 6.15. The zero-order chi connectivity index (χ0) is 14.4.